The van der Waals surface area contributed by atoms with Gasteiger partial charge in [-0.05, 0) is 68.7 Å². The summed E-state index contributed by atoms with van der Waals surface area (Å²) in [6, 6.07) is 8.53. The summed E-state index contributed by atoms with van der Waals surface area (Å²) in [5.41, 5.74) is -1.41. The van der Waals surface area contributed by atoms with Crippen LogP contribution in [0, 0.1) is 17.8 Å². The van der Waals surface area contributed by atoms with Crippen LogP contribution in [0.4, 0.5) is 0 Å². The van der Waals surface area contributed by atoms with Crippen molar-refractivity contribution in [3.8, 4) is 11.8 Å². The van der Waals surface area contributed by atoms with E-state index in [-0.39, 0.29) is 43.6 Å². The van der Waals surface area contributed by atoms with E-state index in [1.807, 2.05) is 42.5 Å². The highest BCUT2D eigenvalue weighted by atomic mass is 32.2. The molecular formula is C34H44N4O7S. The molecule has 3 amide bonds. The first-order valence-electron chi connectivity index (χ1n) is 16.3. The minimum absolute atomic E-state index is 0.115. The molecule has 1 aromatic heterocycles. The average Bonchev–Trinajstić information content (AvgIpc) is 3.88. The number of amides is 3. The van der Waals surface area contributed by atoms with Crippen molar-refractivity contribution in [1.82, 2.24) is 19.9 Å². The van der Waals surface area contributed by atoms with E-state index in [1.54, 1.807) is 11.8 Å². The van der Waals surface area contributed by atoms with Gasteiger partial charge in [0, 0.05) is 30.2 Å². The summed E-state index contributed by atoms with van der Waals surface area (Å²) in [4.78, 5) is 47.7. The maximum Gasteiger partial charge on any atom is 0.259 e. The quantitative estimate of drug-likeness (QED) is 0.448. The van der Waals surface area contributed by atoms with Gasteiger partial charge in [-0.15, -0.1) is 0 Å². The number of rotatable bonds is 6. The van der Waals surface area contributed by atoms with Crippen molar-refractivity contribution in [3.63, 3.8) is 0 Å². The number of carbonyl (C=O) groups is 3. The lowest BCUT2D eigenvalue weighted by molar-refractivity contribution is -0.140. The molecule has 0 spiro atoms. The Morgan fingerprint density at radius 2 is 1.89 bits per heavy atom. The number of methoxy groups -OCH3 is 1. The van der Waals surface area contributed by atoms with Gasteiger partial charge >= 0.3 is 0 Å². The molecule has 2 aliphatic carbocycles. The Kier molecular flexibility index (Phi) is 8.54. The van der Waals surface area contributed by atoms with Crippen LogP contribution in [0.5, 0.6) is 11.8 Å². The lowest BCUT2D eigenvalue weighted by Crippen LogP contribution is -2.57. The van der Waals surface area contributed by atoms with Gasteiger partial charge in [0.1, 0.15) is 17.7 Å². The van der Waals surface area contributed by atoms with Crippen LogP contribution in [0.15, 0.2) is 42.5 Å². The topological polar surface area (TPSA) is 144 Å². The predicted octanol–water partition coefficient (Wildman–Crippen LogP) is 3.87. The van der Waals surface area contributed by atoms with Gasteiger partial charge in [0.2, 0.25) is 33.6 Å². The van der Waals surface area contributed by atoms with Crippen LogP contribution < -0.4 is 19.5 Å². The smallest absolute Gasteiger partial charge is 0.259 e. The summed E-state index contributed by atoms with van der Waals surface area (Å²) in [5, 5.41) is 4.58. The highest BCUT2D eigenvalue weighted by molar-refractivity contribution is 7.91. The molecule has 11 nitrogen and oxygen atoms in total. The molecule has 2 aliphatic heterocycles. The zero-order valence-corrected chi connectivity index (χ0v) is 27.8. The number of fused-ring (bicyclic) bond motifs is 3. The largest absolute Gasteiger partial charge is 0.481 e. The van der Waals surface area contributed by atoms with Crippen molar-refractivity contribution in [2.24, 2.45) is 17.8 Å². The standard InChI is InChI=1S/C34H44N4O7S/c1-21-9-5-7-11-24-19-34(24,32(41)37-46(42,43)33(3)13-14-33)36-30(40)27-18-25(20-38(27)29(39)16-22(2)15-21)45-31-26-12-8-6-10-23(26)17-28(35-31)44-4/h6-8,10-12,17,21-22,24-25,27H,5,9,13-16,18-20H2,1-4H3,(H,36,40)(H,37,41)/b11-7-/t21-,22+,24+,25+,27-,34+/m0/s1. The normalized spacial score (nSPS) is 31.8. The number of nitrogens with one attached hydrogen (secondary N) is 2. The second kappa shape index (κ2) is 12.2. The number of ether oxygens (including phenoxy) is 2. The number of benzene rings is 1. The number of hydrogen-bond acceptors (Lipinski definition) is 8. The van der Waals surface area contributed by atoms with Crippen LogP contribution in [0.3, 0.4) is 0 Å². The number of pyridine rings is 1. The molecule has 3 heterocycles. The molecule has 1 aromatic carbocycles. The molecule has 6 atom stereocenters. The summed E-state index contributed by atoms with van der Waals surface area (Å²) in [7, 11) is -2.38. The van der Waals surface area contributed by atoms with E-state index in [1.165, 1.54) is 7.11 Å². The maximum atomic E-state index is 14.1. The second-order valence-electron chi connectivity index (χ2n) is 14.0. The van der Waals surface area contributed by atoms with Crippen LogP contribution in [0.25, 0.3) is 10.8 Å². The van der Waals surface area contributed by atoms with Crippen LogP contribution in [-0.2, 0) is 24.4 Å². The van der Waals surface area contributed by atoms with E-state index in [9.17, 15) is 22.8 Å². The summed E-state index contributed by atoms with van der Waals surface area (Å²) in [6.45, 7) is 6.01. The van der Waals surface area contributed by atoms with Gasteiger partial charge in [0.05, 0.1) is 18.4 Å². The second-order valence-corrected chi connectivity index (χ2v) is 16.2. The minimum atomic E-state index is -3.91. The lowest BCUT2D eigenvalue weighted by Gasteiger charge is -2.28. The van der Waals surface area contributed by atoms with Crippen molar-refractivity contribution >= 4 is 38.5 Å². The van der Waals surface area contributed by atoms with Crippen LogP contribution in [-0.4, -0.2) is 72.1 Å². The maximum absolute atomic E-state index is 14.1. The van der Waals surface area contributed by atoms with Crippen molar-refractivity contribution in [3.05, 3.63) is 42.5 Å². The molecule has 46 heavy (non-hydrogen) atoms. The van der Waals surface area contributed by atoms with Crippen molar-refractivity contribution in [2.45, 2.75) is 94.6 Å². The molecule has 248 valence electrons. The van der Waals surface area contributed by atoms with Gasteiger partial charge in [-0.1, -0.05) is 44.2 Å². The Hall–Kier alpha value is -3.67. The number of sulfonamides is 1. The third kappa shape index (κ3) is 6.32. The van der Waals surface area contributed by atoms with Gasteiger partial charge in [-0.3, -0.25) is 19.1 Å². The first kappa shape index (κ1) is 32.3. The molecule has 6 rings (SSSR count). The van der Waals surface area contributed by atoms with Crippen LogP contribution >= 0.6 is 0 Å². The fourth-order valence-corrected chi connectivity index (χ4v) is 8.23. The first-order chi connectivity index (χ1) is 21.8. The highest BCUT2D eigenvalue weighted by Gasteiger charge is 2.63. The molecule has 12 heteroatoms. The number of carbonyl (C=O) groups excluding carboxylic acids is 3. The van der Waals surface area contributed by atoms with Gasteiger partial charge in [-0.2, -0.15) is 4.98 Å². The Morgan fingerprint density at radius 3 is 2.63 bits per heavy atom. The predicted molar refractivity (Wildman–Crippen MR) is 172 cm³/mol. The molecule has 2 aromatic rings. The van der Waals surface area contributed by atoms with Crippen LogP contribution in [0.1, 0.15) is 72.1 Å². The van der Waals surface area contributed by atoms with Crippen molar-refractivity contribution in [2.75, 3.05) is 13.7 Å². The van der Waals surface area contributed by atoms with E-state index in [0.717, 1.165) is 30.0 Å². The summed E-state index contributed by atoms with van der Waals surface area (Å²) >= 11 is 0. The van der Waals surface area contributed by atoms with Gasteiger partial charge < -0.3 is 19.7 Å². The monoisotopic (exact) mass is 652 g/mol. The summed E-state index contributed by atoms with van der Waals surface area (Å²) in [6.07, 6.45) is 7.68. The summed E-state index contributed by atoms with van der Waals surface area (Å²) in [5.74, 6) is -0.518. The lowest BCUT2D eigenvalue weighted by atomic mass is 9.91. The SMILES string of the molecule is COc1cc2ccccc2c(O[C@@H]2C[C@H]3C(=O)N[C@]4(C(=O)NS(=O)(=O)C5(C)CC5)C[C@H]4/C=C\CC[C@H](C)C[C@@H](C)CC(=O)N3C2)n1. The number of hydrogen-bond donors (Lipinski definition) is 2. The molecule has 0 unspecified atom stereocenters. The van der Waals surface area contributed by atoms with E-state index in [2.05, 4.69) is 28.9 Å². The van der Waals surface area contributed by atoms with Crippen molar-refractivity contribution in [1.29, 1.82) is 0 Å². The first-order valence-corrected chi connectivity index (χ1v) is 17.8. The zero-order chi connectivity index (χ0) is 32.9. The molecule has 0 bridgehead atoms. The van der Waals surface area contributed by atoms with E-state index < -0.39 is 44.3 Å². The zero-order valence-electron chi connectivity index (χ0n) is 27.0. The Bertz CT molecular complexity index is 1670. The molecule has 0 radical (unpaired) electrons. The molecular weight excluding hydrogens is 608 g/mol. The fraction of sp³-hybridized carbons (Fsp3) is 0.588. The molecule has 3 fully saturated rings. The molecule has 2 N–H and O–H groups in total. The minimum Gasteiger partial charge on any atom is -0.481 e. The third-order valence-electron chi connectivity index (χ3n) is 10.2. The van der Waals surface area contributed by atoms with Gasteiger partial charge in [0.25, 0.3) is 5.91 Å². The number of aromatic nitrogens is 1. The number of nitrogens with zero attached hydrogens (tertiary/aromatic N) is 2. The molecule has 4 aliphatic rings. The van der Waals surface area contributed by atoms with Crippen LogP contribution in [0.2, 0.25) is 0 Å². The third-order valence-corrected chi connectivity index (χ3v) is 12.3. The van der Waals surface area contributed by atoms with E-state index in [4.69, 9.17) is 9.47 Å². The van der Waals surface area contributed by atoms with Gasteiger partial charge in [0.15, 0.2) is 0 Å². The van der Waals surface area contributed by atoms with Gasteiger partial charge in [-0.25, -0.2) is 8.42 Å². The fourth-order valence-electron chi connectivity index (χ4n) is 6.91. The number of allylic oxidation sites excluding steroid dienone is 1. The summed E-state index contributed by atoms with van der Waals surface area (Å²) < 4.78 is 39.1. The highest BCUT2D eigenvalue weighted by Crippen LogP contribution is 2.47. The van der Waals surface area contributed by atoms with Crippen molar-refractivity contribution < 1.29 is 32.3 Å². The Labute approximate surface area is 270 Å². The van der Waals surface area contributed by atoms with E-state index >= 15 is 0 Å². The molecule has 2 saturated carbocycles. The van der Waals surface area contributed by atoms with E-state index in [0.29, 0.717) is 30.5 Å². The Morgan fingerprint density at radius 1 is 1.13 bits per heavy atom. The Balaban J connectivity index is 1.29. The molecule has 1 saturated heterocycles. The average molecular weight is 653 g/mol.